The second-order valence-electron chi connectivity index (χ2n) is 5.18. The Morgan fingerprint density at radius 2 is 1.72 bits per heavy atom. The number of ketones is 2. The predicted octanol–water partition coefficient (Wildman–Crippen LogP) is 3.96. The number of aryl methyl sites for hydroxylation is 1. The van der Waals surface area contributed by atoms with Crippen molar-refractivity contribution in [3.8, 4) is 0 Å². The van der Waals surface area contributed by atoms with Crippen molar-refractivity contribution in [1.82, 2.24) is 0 Å². The lowest BCUT2D eigenvalue weighted by Gasteiger charge is -2.05. The molecule has 2 nitrogen and oxygen atoms in total. The van der Waals surface area contributed by atoms with Crippen molar-refractivity contribution in [2.45, 2.75) is 46.0 Å². The molecule has 0 N–H and O–H groups in total. The van der Waals surface area contributed by atoms with Crippen LogP contribution in [0.4, 0.5) is 0 Å². The molecule has 0 aromatic heterocycles. The van der Waals surface area contributed by atoms with Gasteiger partial charge in [0.2, 0.25) is 0 Å². The third-order valence-electron chi connectivity index (χ3n) is 3.69. The average molecular weight is 244 g/mol. The number of Topliss-reactive ketones (excluding diaryl/α,β-unsaturated/α-hetero) is 2. The van der Waals surface area contributed by atoms with Crippen LogP contribution in [0.25, 0.3) is 0 Å². The van der Waals surface area contributed by atoms with Crippen molar-refractivity contribution in [1.29, 1.82) is 0 Å². The molecule has 0 heterocycles. The zero-order chi connectivity index (χ0) is 13.1. The van der Waals surface area contributed by atoms with E-state index in [1.165, 1.54) is 12.8 Å². The fourth-order valence-corrected chi connectivity index (χ4v) is 2.61. The Kier molecular flexibility index (Phi) is 3.95. The Balaban J connectivity index is 2.08. The summed E-state index contributed by atoms with van der Waals surface area (Å²) >= 11 is 0. The van der Waals surface area contributed by atoms with Gasteiger partial charge in [-0.05, 0) is 19.4 Å². The molecule has 1 aliphatic carbocycles. The van der Waals surface area contributed by atoms with Crippen LogP contribution in [-0.2, 0) is 0 Å². The van der Waals surface area contributed by atoms with Crippen LogP contribution in [0.5, 0.6) is 0 Å². The maximum absolute atomic E-state index is 12.2. The monoisotopic (exact) mass is 244 g/mol. The number of benzene rings is 1. The Hall–Kier alpha value is -1.44. The molecule has 18 heavy (non-hydrogen) atoms. The molecule has 96 valence electrons. The lowest BCUT2D eigenvalue weighted by atomic mass is 9.96. The van der Waals surface area contributed by atoms with Crippen LogP contribution >= 0.6 is 0 Å². The Morgan fingerprint density at radius 3 is 2.44 bits per heavy atom. The second kappa shape index (κ2) is 5.47. The molecule has 0 amide bonds. The molecule has 0 bridgehead atoms. The van der Waals surface area contributed by atoms with Crippen molar-refractivity contribution < 1.29 is 9.59 Å². The molecular weight excluding hydrogens is 224 g/mol. The van der Waals surface area contributed by atoms with Crippen LogP contribution in [0.1, 0.15) is 65.3 Å². The van der Waals surface area contributed by atoms with Crippen molar-refractivity contribution in [2.75, 3.05) is 0 Å². The lowest BCUT2D eigenvalue weighted by Crippen LogP contribution is -2.14. The zero-order valence-corrected chi connectivity index (χ0v) is 11.2. The third kappa shape index (κ3) is 2.38. The molecule has 0 saturated carbocycles. The smallest absolute Gasteiger partial charge is 0.174 e. The normalized spacial score (nSPS) is 18.2. The van der Waals surface area contributed by atoms with Gasteiger partial charge in [-0.1, -0.05) is 50.3 Å². The van der Waals surface area contributed by atoms with E-state index < -0.39 is 5.92 Å². The molecule has 0 saturated heterocycles. The number of carbonyl (C=O) groups excluding carboxylic acids is 2. The number of hydrogen-bond acceptors (Lipinski definition) is 2. The summed E-state index contributed by atoms with van der Waals surface area (Å²) in [4.78, 5) is 24.4. The predicted molar refractivity (Wildman–Crippen MR) is 72.1 cm³/mol. The van der Waals surface area contributed by atoms with Crippen LogP contribution in [0.15, 0.2) is 18.2 Å². The summed E-state index contributed by atoms with van der Waals surface area (Å²) in [6, 6.07) is 5.56. The molecule has 1 atom stereocenters. The standard InChI is InChI=1S/C16H20O2/c1-3-4-5-6-7-13-15(17)12-9-8-11(2)10-14(12)16(13)18/h8-10,13H,3-7H2,1-2H3. The fraction of sp³-hybridized carbons (Fsp3) is 0.500. The third-order valence-corrected chi connectivity index (χ3v) is 3.69. The van der Waals surface area contributed by atoms with Crippen molar-refractivity contribution in [3.05, 3.63) is 34.9 Å². The summed E-state index contributed by atoms with van der Waals surface area (Å²) in [5.41, 5.74) is 2.31. The first-order valence-electron chi connectivity index (χ1n) is 6.84. The number of carbonyl (C=O) groups is 2. The first kappa shape index (κ1) is 13.0. The zero-order valence-electron chi connectivity index (χ0n) is 11.2. The van der Waals surface area contributed by atoms with Crippen molar-refractivity contribution in [3.63, 3.8) is 0 Å². The first-order chi connectivity index (χ1) is 8.65. The van der Waals surface area contributed by atoms with Crippen LogP contribution in [-0.4, -0.2) is 11.6 Å². The van der Waals surface area contributed by atoms with Gasteiger partial charge in [0.15, 0.2) is 11.6 Å². The molecule has 1 unspecified atom stereocenters. The summed E-state index contributed by atoms with van der Waals surface area (Å²) in [7, 11) is 0. The van der Waals surface area contributed by atoms with Crippen LogP contribution in [0.3, 0.4) is 0 Å². The van der Waals surface area contributed by atoms with Crippen molar-refractivity contribution >= 4 is 11.6 Å². The molecule has 1 aromatic rings. The minimum atomic E-state index is -0.404. The number of unbranched alkanes of at least 4 members (excludes halogenated alkanes) is 3. The van der Waals surface area contributed by atoms with Gasteiger partial charge in [0.25, 0.3) is 0 Å². The van der Waals surface area contributed by atoms with Gasteiger partial charge in [-0.2, -0.15) is 0 Å². The Bertz CT molecular complexity index is 474. The van der Waals surface area contributed by atoms with E-state index in [9.17, 15) is 9.59 Å². The number of rotatable bonds is 5. The molecule has 0 spiro atoms. The van der Waals surface area contributed by atoms with E-state index in [0.717, 1.165) is 18.4 Å². The van der Waals surface area contributed by atoms with Gasteiger partial charge >= 0.3 is 0 Å². The SMILES string of the molecule is CCCCCCC1C(=O)c2ccc(C)cc2C1=O. The molecular formula is C16H20O2. The van der Waals surface area contributed by atoms with E-state index >= 15 is 0 Å². The highest BCUT2D eigenvalue weighted by atomic mass is 16.2. The minimum absolute atomic E-state index is 0.0338. The van der Waals surface area contributed by atoms with E-state index in [4.69, 9.17) is 0 Å². The molecule has 0 fully saturated rings. The van der Waals surface area contributed by atoms with Gasteiger partial charge in [-0.3, -0.25) is 9.59 Å². The maximum Gasteiger partial charge on any atom is 0.174 e. The van der Waals surface area contributed by atoms with Gasteiger partial charge in [-0.25, -0.2) is 0 Å². The number of fused-ring (bicyclic) bond motifs is 1. The summed E-state index contributed by atoms with van der Waals surface area (Å²) in [5, 5.41) is 0. The van der Waals surface area contributed by atoms with Gasteiger partial charge in [0, 0.05) is 11.1 Å². The van der Waals surface area contributed by atoms with E-state index in [0.29, 0.717) is 17.5 Å². The van der Waals surface area contributed by atoms with Crippen LogP contribution in [0, 0.1) is 12.8 Å². The maximum atomic E-state index is 12.2. The van der Waals surface area contributed by atoms with Crippen LogP contribution in [0.2, 0.25) is 0 Å². The molecule has 2 rings (SSSR count). The topological polar surface area (TPSA) is 34.1 Å². The quantitative estimate of drug-likeness (QED) is 0.580. The molecule has 1 aromatic carbocycles. The fourth-order valence-electron chi connectivity index (χ4n) is 2.61. The molecule has 2 heteroatoms. The molecule has 1 aliphatic rings. The summed E-state index contributed by atoms with van der Waals surface area (Å²) in [6.07, 6.45) is 5.16. The highest BCUT2D eigenvalue weighted by molar-refractivity contribution is 6.26. The van der Waals surface area contributed by atoms with E-state index in [1.807, 2.05) is 19.1 Å². The second-order valence-corrected chi connectivity index (χ2v) is 5.18. The van der Waals surface area contributed by atoms with Gasteiger partial charge < -0.3 is 0 Å². The van der Waals surface area contributed by atoms with E-state index in [-0.39, 0.29) is 11.6 Å². The lowest BCUT2D eigenvalue weighted by molar-refractivity contribution is 0.0829. The molecule has 0 radical (unpaired) electrons. The summed E-state index contributed by atoms with van der Waals surface area (Å²) in [5.74, 6) is -0.333. The minimum Gasteiger partial charge on any atom is -0.293 e. The van der Waals surface area contributed by atoms with Gasteiger partial charge in [-0.15, -0.1) is 0 Å². The largest absolute Gasteiger partial charge is 0.293 e. The first-order valence-corrected chi connectivity index (χ1v) is 6.84. The van der Waals surface area contributed by atoms with Crippen molar-refractivity contribution in [2.24, 2.45) is 5.92 Å². The van der Waals surface area contributed by atoms with Gasteiger partial charge in [0.1, 0.15) is 0 Å². The highest BCUT2D eigenvalue weighted by Gasteiger charge is 2.37. The molecule has 0 aliphatic heterocycles. The Morgan fingerprint density at radius 1 is 1.00 bits per heavy atom. The van der Waals surface area contributed by atoms with E-state index in [2.05, 4.69) is 6.92 Å². The average Bonchev–Trinajstić information content (AvgIpc) is 2.59. The Labute approximate surface area is 108 Å². The van der Waals surface area contributed by atoms with Crippen LogP contribution < -0.4 is 0 Å². The highest BCUT2D eigenvalue weighted by Crippen LogP contribution is 2.30. The summed E-state index contributed by atoms with van der Waals surface area (Å²) in [6.45, 7) is 4.11. The van der Waals surface area contributed by atoms with E-state index in [1.54, 1.807) is 6.07 Å². The number of hydrogen-bond donors (Lipinski definition) is 0. The summed E-state index contributed by atoms with van der Waals surface area (Å²) < 4.78 is 0. The van der Waals surface area contributed by atoms with Gasteiger partial charge in [0.05, 0.1) is 5.92 Å².